The Hall–Kier alpha value is -0.740. The van der Waals surface area contributed by atoms with Gasteiger partial charge in [-0.25, -0.2) is 4.98 Å². The van der Waals surface area contributed by atoms with E-state index in [1.165, 1.54) is 4.90 Å². The molecule has 2 heterocycles. The van der Waals surface area contributed by atoms with Gasteiger partial charge in [0.2, 0.25) is 0 Å². The second kappa shape index (κ2) is 4.86. The van der Waals surface area contributed by atoms with E-state index in [1.807, 2.05) is 6.20 Å². The van der Waals surface area contributed by atoms with Gasteiger partial charge in [0, 0.05) is 30.2 Å². The number of aromatic nitrogens is 1. The highest BCUT2D eigenvalue weighted by Gasteiger charge is 2.16. The first kappa shape index (κ1) is 10.8. The van der Waals surface area contributed by atoms with Gasteiger partial charge in [-0.1, -0.05) is 0 Å². The molecule has 0 bridgehead atoms. The standard InChI is InChI=1S/C11H17N3S/c1-15-10-2-3-11(13-8-10)14-6-4-9(12)5-7-14/h2-3,8-9H,4-7,12H2,1H3. The summed E-state index contributed by atoms with van der Waals surface area (Å²) in [6.45, 7) is 2.07. The molecule has 2 rings (SSSR count). The van der Waals surface area contributed by atoms with Crippen LogP contribution in [0.1, 0.15) is 12.8 Å². The fourth-order valence-electron chi connectivity index (χ4n) is 1.81. The van der Waals surface area contributed by atoms with E-state index in [0.717, 1.165) is 31.7 Å². The second-order valence-electron chi connectivity index (χ2n) is 3.88. The third-order valence-corrected chi connectivity index (χ3v) is 3.53. The van der Waals surface area contributed by atoms with Crippen LogP contribution in [0, 0.1) is 0 Å². The summed E-state index contributed by atoms with van der Waals surface area (Å²) in [6.07, 6.45) is 6.16. The molecule has 3 nitrogen and oxygen atoms in total. The molecule has 0 saturated carbocycles. The Kier molecular flexibility index (Phi) is 3.49. The number of nitrogens with two attached hydrogens (primary N) is 1. The molecule has 0 amide bonds. The molecule has 4 heteroatoms. The summed E-state index contributed by atoms with van der Waals surface area (Å²) in [7, 11) is 0. The van der Waals surface area contributed by atoms with E-state index in [0.29, 0.717) is 6.04 Å². The van der Waals surface area contributed by atoms with Crippen LogP contribution in [-0.4, -0.2) is 30.4 Å². The average Bonchev–Trinajstić information content (AvgIpc) is 2.30. The van der Waals surface area contributed by atoms with Crippen molar-refractivity contribution < 1.29 is 0 Å². The van der Waals surface area contributed by atoms with E-state index in [4.69, 9.17) is 5.73 Å². The third kappa shape index (κ3) is 2.63. The Bertz CT molecular complexity index is 304. The largest absolute Gasteiger partial charge is 0.357 e. The molecule has 1 aliphatic rings. The molecule has 0 atom stereocenters. The van der Waals surface area contributed by atoms with Crippen LogP contribution in [0.3, 0.4) is 0 Å². The predicted molar refractivity (Wildman–Crippen MR) is 65.4 cm³/mol. The van der Waals surface area contributed by atoms with Crippen LogP contribution in [0.4, 0.5) is 5.82 Å². The van der Waals surface area contributed by atoms with Crippen molar-refractivity contribution in [2.45, 2.75) is 23.8 Å². The van der Waals surface area contributed by atoms with Crippen LogP contribution < -0.4 is 10.6 Å². The highest BCUT2D eigenvalue weighted by atomic mass is 32.2. The highest BCUT2D eigenvalue weighted by molar-refractivity contribution is 7.98. The van der Waals surface area contributed by atoms with E-state index in [9.17, 15) is 0 Å². The van der Waals surface area contributed by atoms with Crippen molar-refractivity contribution in [3.8, 4) is 0 Å². The van der Waals surface area contributed by atoms with E-state index < -0.39 is 0 Å². The molecule has 1 saturated heterocycles. The van der Waals surface area contributed by atoms with E-state index in [1.54, 1.807) is 11.8 Å². The number of nitrogens with zero attached hydrogens (tertiary/aromatic N) is 2. The number of hydrogen-bond acceptors (Lipinski definition) is 4. The summed E-state index contributed by atoms with van der Waals surface area (Å²) < 4.78 is 0. The lowest BCUT2D eigenvalue weighted by Gasteiger charge is -2.31. The third-order valence-electron chi connectivity index (χ3n) is 2.82. The van der Waals surface area contributed by atoms with Gasteiger partial charge in [-0.3, -0.25) is 0 Å². The van der Waals surface area contributed by atoms with Gasteiger partial charge in [0.1, 0.15) is 5.82 Å². The molecular weight excluding hydrogens is 206 g/mol. The minimum atomic E-state index is 0.381. The Balaban J connectivity index is 2.03. The molecule has 82 valence electrons. The Labute approximate surface area is 95.1 Å². The predicted octanol–water partition coefficient (Wildman–Crippen LogP) is 1.73. The normalized spacial score (nSPS) is 18.1. The van der Waals surface area contributed by atoms with Gasteiger partial charge in [0.25, 0.3) is 0 Å². The summed E-state index contributed by atoms with van der Waals surface area (Å²) in [6, 6.07) is 4.61. The van der Waals surface area contributed by atoms with Crippen LogP contribution in [0.2, 0.25) is 0 Å². The van der Waals surface area contributed by atoms with Crippen molar-refractivity contribution in [3.05, 3.63) is 18.3 Å². The average molecular weight is 223 g/mol. The van der Waals surface area contributed by atoms with E-state index >= 15 is 0 Å². The number of rotatable bonds is 2. The number of anilines is 1. The maximum absolute atomic E-state index is 5.87. The number of hydrogen-bond donors (Lipinski definition) is 1. The molecule has 1 aliphatic heterocycles. The lowest BCUT2D eigenvalue weighted by molar-refractivity contribution is 0.498. The first-order valence-corrected chi connectivity index (χ1v) is 6.52. The minimum Gasteiger partial charge on any atom is -0.357 e. The summed E-state index contributed by atoms with van der Waals surface area (Å²) >= 11 is 1.72. The van der Waals surface area contributed by atoms with Gasteiger partial charge >= 0.3 is 0 Å². The van der Waals surface area contributed by atoms with Crippen LogP contribution in [0.15, 0.2) is 23.2 Å². The van der Waals surface area contributed by atoms with Crippen molar-refractivity contribution in [3.63, 3.8) is 0 Å². The smallest absolute Gasteiger partial charge is 0.128 e. The number of thioether (sulfide) groups is 1. The fraction of sp³-hybridized carbons (Fsp3) is 0.545. The molecule has 0 aliphatic carbocycles. The SMILES string of the molecule is CSc1ccc(N2CCC(N)CC2)nc1. The summed E-state index contributed by atoms with van der Waals surface area (Å²) in [5.41, 5.74) is 5.87. The molecule has 15 heavy (non-hydrogen) atoms. The molecular formula is C11H17N3S. The molecule has 0 unspecified atom stereocenters. The van der Waals surface area contributed by atoms with Crippen molar-refractivity contribution in [2.24, 2.45) is 5.73 Å². The Morgan fingerprint density at radius 1 is 1.40 bits per heavy atom. The van der Waals surface area contributed by atoms with Gasteiger partial charge in [-0.2, -0.15) is 0 Å². The van der Waals surface area contributed by atoms with Gasteiger partial charge in [0.15, 0.2) is 0 Å². The summed E-state index contributed by atoms with van der Waals surface area (Å²) in [5.74, 6) is 1.08. The van der Waals surface area contributed by atoms with Crippen molar-refractivity contribution in [2.75, 3.05) is 24.2 Å². The highest BCUT2D eigenvalue weighted by Crippen LogP contribution is 2.20. The molecule has 1 aromatic heterocycles. The molecule has 2 N–H and O–H groups in total. The van der Waals surface area contributed by atoms with Crippen LogP contribution in [-0.2, 0) is 0 Å². The lowest BCUT2D eigenvalue weighted by Crippen LogP contribution is -2.40. The quantitative estimate of drug-likeness (QED) is 0.775. The molecule has 0 radical (unpaired) electrons. The topological polar surface area (TPSA) is 42.1 Å². The maximum Gasteiger partial charge on any atom is 0.128 e. The molecule has 1 aromatic rings. The van der Waals surface area contributed by atoms with Crippen molar-refractivity contribution in [1.29, 1.82) is 0 Å². The van der Waals surface area contributed by atoms with Crippen LogP contribution in [0.25, 0.3) is 0 Å². The lowest BCUT2D eigenvalue weighted by atomic mass is 10.1. The minimum absolute atomic E-state index is 0.381. The summed E-state index contributed by atoms with van der Waals surface area (Å²) in [4.78, 5) is 7.99. The first-order valence-electron chi connectivity index (χ1n) is 5.30. The van der Waals surface area contributed by atoms with E-state index in [-0.39, 0.29) is 0 Å². The van der Waals surface area contributed by atoms with E-state index in [2.05, 4.69) is 28.3 Å². The van der Waals surface area contributed by atoms with Crippen LogP contribution in [0.5, 0.6) is 0 Å². The second-order valence-corrected chi connectivity index (χ2v) is 4.76. The zero-order chi connectivity index (χ0) is 10.7. The van der Waals surface area contributed by atoms with Crippen molar-refractivity contribution in [1.82, 2.24) is 4.98 Å². The van der Waals surface area contributed by atoms with Gasteiger partial charge in [0.05, 0.1) is 0 Å². The Morgan fingerprint density at radius 3 is 2.67 bits per heavy atom. The number of pyridine rings is 1. The molecule has 1 fully saturated rings. The van der Waals surface area contributed by atoms with Gasteiger partial charge in [-0.15, -0.1) is 11.8 Å². The monoisotopic (exact) mass is 223 g/mol. The number of piperidine rings is 1. The molecule has 0 aromatic carbocycles. The Morgan fingerprint density at radius 2 is 2.13 bits per heavy atom. The van der Waals surface area contributed by atoms with Crippen molar-refractivity contribution >= 4 is 17.6 Å². The van der Waals surface area contributed by atoms with Gasteiger partial charge < -0.3 is 10.6 Å². The zero-order valence-corrected chi connectivity index (χ0v) is 9.83. The molecule has 0 spiro atoms. The zero-order valence-electron chi connectivity index (χ0n) is 9.02. The summed E-state index contributed by atoms with van der Waals surface area (Å²) in [5, 5.41) is 0. The van der Waals surface area contributed by atoms with Gasteiger partial charge in [-0.05, 0) is 31.2 Å². The first-order chi connectivity index (χ1) is 7.29. The van der Waals surface area contributed by atoms with Crippen LogP contribution >= 0.6 is 11.8 Å². The fourth-order valence-corrected chi connectivity index (χ4v) is 2.17. The maximum atomic E-state index is 5.87.